The summed E-state index contributed by atoms with van der Waals surface area (Å²) >= 11 is 1.78. The Balaban J connectivity index is 2.02. The number of hydrogen-bond donors (Lipinski definition) is 0. The third-order valence-corrected chi connectivity index (χ3v) is 3.69. The van der Waals surface area contributed by atoms with Crippen LogP contribution in [0, 0.1) is 0 Å². The van der Waals surface area contributed by atoms with E-state index >= 15 is 0 Å². The molecule has 0 saturated carbocycles. The van der Waals surface area contributed by atoms with Gasteiger partial charge >= 0.3 is 0 Å². The minimum Gasteiger partial charge on any atom is -0.328 e. The Morgan fingerprint density at radius 2 is 2.00 bits per heavy atom. The summed E-state index contributed by atoms with van der Waals surface area (Å²) < 4.78 is 1.18. The average Bonchev–Trinajstić information content (AvgIpc) is 2.61. The first-order valence-corrected chi connectivity index (χ1v) is 6.14. The zero-order chi connectivity index (χ0) is 10.0. The summed E-state index contributed by atoms with van der Waals surface area (Å²) in [5.74, 6) is 0. The molecule has 1 nitrogen and oxygen atoms in total. The van der Waals surface area contributed by atoms with E-state index in [1.54, 1.807) is 16.9 Å². The molecule has 0 aromatic carbocycles. The second-order valence-corrected chi connectivity index (χ2v) is 5.52. The highest BCUT2D eigenvalue weighted by molar-refractivity contribution is 7.08. The molecular formula is C12H18NS+. The predicted molar refractivity (Wildman–Crippen MR) is 63.4 cm³/mol. The number of rotatable bonds is 1. The van der Waals surface area contributed by atoms with E-state index in [1.807, 2.05) is 0 Å². The van der Waals surface area contributed by atoms with E-state index in [4.69, 9.17) is 0 Å². The van der Waals surface area contributed by atoms with Crippen molar-refractivity contribution < 1.29 is 4.48 Å². The van der Waals surface area contributed by atoms with Gasteiger partial charge in [0, 0.05) is 12.8 Å². The second-order valence-electron chi connectivity index (χ2n) is 4.74. The summed E-state index contributed by atoms with van der Waals surface area (Å²) in [5, 5.41) is 4.37. The summed E-state index contributed by atoms with van der Waals surface area (Å²) in [4.78, 5) is 0. The lowest BCUT2D eigenvalue weighted by Gasteiger charge is -2.34. The number of hydrogen-bond acceptors (Lipinski definition) is 1. The van der Waals surface area contributed by atoms with E-state index in [2.05, 4.69) is 37.0 Å². The van der Waals surface area contributed by atoms with Crippen LogP contribution < -0.4 is 0 Å². The molecule has 0 spiro atoms. The minimum atomic E-state index is 1.18. The summed E-state index contributed by atoms with van der Waals surface area (Å²) in [6.45, 7) is 2.58. The van der Waals surface area contributed by atoms with Crippen molar-refractivity contribution in [3.05, 3.63) is 28.0 Å². The molecule has 2 heteroatoms. The Morgan fingerprint density at radius 3 is 2.57 bits per heavy atom. The third-order valence-electron chi connectivity index (χ3n) is 2.99. The van der Waals surface area contributed by atoms with Crippen molar-refractivity contribution >= 4 is 17.4 Å². The van der Waals surface area contributed by atoms with Crippen molar-refractivity contribution in [2.45, 2.75) is 12.8 Å². The van der Waals surface area contributed by atoms with Crippen LogP contribution >= 0.6 is 11.3 Å². The highest BCUT2D eigenvalue weighted by Crippen LogP contribution is 2.22. The average molecular weight is 208 g/mol. The van der Waals surface area contributed by atoms with Crippen molar-refractivity contribution in [1.82, 2.24) is 0 Å². The smallest absolute Gasteiger partial charge is 0.0820 e. The van der Waals surface area contributed by atoms with Gasteiger partial charge in [-0.05, 0) is 22.4 Å². The van der Waals surface area contributed by atoms with Gasteiger partial charge in [-0.25, -0.2) is 0 Å². The molecule has 14 heavy (non-hydrogen) atoms. The largest absolute Gasteiger partial charge is 0.328 e. The fourth-order valence-electron chi connectivity index (χ4n) is 1.87. The van der Waals surface area contributed by atoms with Gasteiger partial charge < -0.3 is 4.48 Å². The lowest BCUT2D eigenvalue weighted by atomic mass is 10.0. The molecule has 0 aliphatic carbocycles. The van der Waals surface area contributed by atoms with Crippen LogP contribution in [0.3, 0.4) is 0 Å². The first-order chi connectivity index (χ1) is 6.66. The molecule has 2 rings (SSSR count). The van der Waals surface area contributed by atoms with E-state index in [1.165, 1.54) is 36.0 Å². The van der Waals surface area contributed by atoms with Gasteiger partial charge in [0.05, 0.1) is 27.2 Å². The summed E-state index contributed by atoms with van der Waals surface area (Å²) in [5.41, 5.74) is 3.01. The molecule has 0 unspecified atom stereocenters. The monoisotopic (exact) mass is 208 g/mol. The molecule has 0 bridgehead atoms. The SMILES string of the molecule is C[N+]1(C)CCC(=Cc2ccsc2)CC1. The van der Waals surface area contributed by atoms with E-state index < -0.39 is 0 Å². The van der Waals surface area contributed by atoms with Gasteiger partial charge in [-0.3, -0.25) is 0 Å². The zero-order valence-electron chi connectivity index (χ0n) is 8.99. The van der Waals surface area contributed by atoms with Gasteiger partial charge in [-0.2, -0.15) is 11.3 Å². The van der Waals surface area contributed by atoms with Gasteiger partial charge in [-0.15, -0.1) is 0 Å². The molecule has 0 amide bonds. The van der Waals surface area contributed by atoms with Crippen LogP contribution in [0.2, 0.25) is 0 Å². The maximum atomic E-state index is 2.37. The van der Waals surface area contributed by atoms with Gasteiger partial charge in [0.25, 0.3) is 0 Å². The van der Waals surface area contributed by atoms with Gasteiger partial charge in [0.15, 0.2) is 0 Å². The van der Waals surface area contributed by atoms with Crippen LogP contribution in [-0.4, -0.2) is 31.7 Å². The molecule has 1 aromatic rings. The molecule has 1 fully saturated rings. The Kier molecular flexibility index (Phi) is 2.75. The van der Waals surface area contributed by atoms with Crippen molar-refractivity contribution in [2.75, 3.05) is 27.2 Å². The Labute approximate surface area is 90.3 Å². The van der Waals surface area contributed by atoms with Crippen molar-refractivity contribution in [3.8, 4) is 0 Å². The summed E-state index contributed by atoms with van der Waals surface area (Å²) in [6, 6.07) is 2.20. The number of likely N-dealkylation sites (tertiary alicyclic amines) is 1. The van der Waals surface area contributed by atoms with Crippen LogP contribution in [0.5, 0.6) is 0 Å². The maximum absolute atomic E-state index is 2.37. The van der Waals surface area contributed by atoms with Crippen LogP contribution in [0.15, 0.2) is 22.4 Å². The first kappa shape index (κ1) is 9.94. The van der Waals surface area contributed by atoms with E-state index in [0.29, 0.717) is 0 Å². The zero-order valence-corrected chi connectivity index (χ0v) is 9.81. The molecule has 0 atom stereocenters. The molecule has 1 aliphatic rings. The number of quaternary nitrogens is 1. The second kappa shape index (κ2) is 3.87. The van der Waals surface area contributed by atoms with Gasteiger partial charge in [-0.1, -0.05) is 11.6 Å². The van der Waals surface area contributed by atoms with E-state index in [9.17, 15) is 0 Å². The highest BCUT2D eigenvalue weighted by atomic mass is 32.1. The number of piperidine rings is 1. The maximum Gasteiger partial charge on any atom is 0.0820 e. The Hall–Kier alpha value is -0.600. The van der Waals surface area contributed by atoms with Crippen molar-refractivity contribution in [2.24, 2.45) is 0 Å². The molecule has 0 radical (unpaired) electrons. The standard InChI is InChI=1S/C12H18NS/c1-13(2)6-3-11(4-7-13)9-12-5-8-14-10-12/h5,8-10H,3-4,6-7H2,1-2H3/q+1. The number of nitrogens with zero attached hydrogens (tertiary/aromatic N) is 1. The quantitative estimate of drug-likeness (QED) is 0.622. The van der Waals surface area contributed by atoms with Crippen LogP contribution in [0.4, 0.5) is 0 Å². The van der Waals surface area contributed by atoms with Crippen molar-refractivity contribution in [1.29, 1.82) is 0 Å². The fraction of sp³-hybridized carbons (Fsp3) is 0.500. The fourth-order valence-corrected chi connectivity index (χ4v) is 2.48. The molecule has 1 saturated heterocycles. The Morgan fingerprint density at radius 1 is 1.29 bits per heavy atom. The van der Waals surface area contributed by atoms with Crippen LogP contribution in [0.1, 0.15) is 18.4 Å². The Bertz CT molecular complexity index is 310. The molecule has 0 N–H and O–H groups in total. The summed E-state index contributed by atoms with van der Waals surface area (Å²) in [6.07, 6.45) is 4.90. The predicted octanol–water partition coefficient (Wildman–Crippen LogP) is 3.00. The lowest BCUT2D eigenvalue weighted by molar-refractivity contribution is -0.892. The van der Waals surface area contributed by atoms with Crippen LogP contribution in [0.25, 0.3) is 6.08 Å². The van der Waals surface area contributed by atoms with Gasteiger partial charge in [0.2, 0.25) is 0 Å². The lowest BCUT2D eigenvalue weighted by Crippen LogP contribution is -2.44. The van der Waals surface area contributed by atoms with Crippen molar-refractivity contribution in [3.63, 3.8) is 0 Å². The molecule has 1 aliphatic heterocycles. The molecule has 1 aromatic heterocycles. The first-order valence-electron chi connectivity index (χ1n) is 5.19. The topological polar surface area (TPSA) is 0 Å². The van der Waals surface area contributed by atoms with E-state index in [-0.39, 0.29) is 0 Å². The molecule has 76 valence electrons. The normalized spacial score (nSPS) is 20.9. The van der Waals surface area contributed by atoms with Crippen LogP contribution in [-0.2, 0) is 0 Å². The van der Waals surface area contributed by atoms with E-state index in [0.717, 1.165) is 0 Å². The molecule has 2 heterocycles. The van der Waals surface area contributed by atoms with Gasteiger partial charge in [0.1, 0.15) is 0 Å². The summed E-state index contributed by atoms with van der Waals surface area (Å²) in [7, 11) is 4.64. The number of thiophene rings is 1. The minimum absolute atomic E-state index is 1.18. The molecular weight excluding hydrogens is 190 g/mol. The highest BCUT2D eigenvalue weighted by Gasteiger charge is 2.21. The third kappa shape index (κ3) is 2.46.